The Hall–Kier alpha value is -1.31. The van der Waals surface area contributed by atoms with Gasteiger partial charge >= 0.3 is 0 Å². The molecule has 0 spiro atoms. The fourth-order valence-electron chi connectivity index (χ4n) is 1.35. The van der Waals surface area contributed by atoms with Crippen molar-refractivity contribution >= 4 is 12.2 Å². The van der Waals surface area contributed by atoms with Crippen molar-refractivity contribution in [2.45, 2.75) is 13.8 Å². The van der Waals surface area contributed by atoms with Crippen LogP contribution in [0.25, 0.3) is 12.2 Å². The van der Waals surface area contributed by atoms with Crippen molar-refractivity contribution in [2.24, 2.45) is 5.92 Å². The molecule has 0 bridgehead atoms. The zero-order valence-corrected chi connectivity index (χ0v) is 7.93. The van der Waals surface area contributed by atoms with Gasteiger partial charge in [0.1, 0.15) is 11.2 Å². The first-order valence-corrected chi connectivity index (χ1v) is 4.15. The van der Waals surface area contributed by atoms with Crippen LogP contribution in [0.4, 0.5) is 4.39 Å². The van der Waals surface area contributed by atoms with Crippen molar-refractivity contribution < 1.29 is 8.81 Å². The Kier molecular flexibility index (Phi) is 2.71. The second kappa shape index (κ2) is 3.60. The van der Waals surface area contributed by atoms with Crippen LogP contribution < -0.4 is 10.6 Å². The molecule has 0 saturated heterocycles. The maximum Gasteiger partial charge on any atom is 0.127 e. The quantitative estimate of drug-likeness (QED) is 0.678. The zero-order chi connectivity index (χ0) is 10.0. The first-order chi connectivity index (χ1) is 6.04. The minimum atomic E-state index is -0.415. The van der Waals surface area contributed by atoms with Gasteiger partial charge in [0.2, 0.25) is 0 Å². The van der Waals surface area contributed by atoms with Crippen molar-refractivity contribution in [3.05, 3.63) is 35.4 Å². The van der Waals surface area contributed by atoms with Crippen LogP contribution in [-0.2, 0) is 0 Å². The predicted octanol–water partition coefficient (Wildman–Crippen LogP) is 1.98. The van der Waals surface area contributed by atoms with Crippen LogP contribution in [0.2, 0.25) is 0 Å². The third-order valence-electron chi connectivity index (χ3n) is 1.91. The Morgan fingerprint density at radius 3 is 2.46 bits per heavy atom. The van der Waals surface area contributed by atoms with Gasteiger partial charge in [0.15, 0.2) is 0 Å². The van der Waals surface area contributed by atoms with E-state index in [0.29, 0.717) is 16.2 Å². The topological polar surface area (TPSA) is 13.1 Å². The Morgan fingerprint density at radius 2 is 2.15 bits per heavy atom. The Morgan fingerprint density at radius 1 is 1.54 bits per heavy atom. The summed E-state index contributed by atoms with van der Waals surface area (Å²) in [6.07, 6.45) is 1.50. The summed E-state index contributed by atoms with van der Waals surface area (Å²) in [5.74, 6) is -0.336. The van der Waals surface area contributed by atoms with Crippen molar-refractivity contribution in [2.75, 3.05) is 0 Å². The number of rotatable bonds is 2. The van der Waals surface area contributed by atoms with Crippen LogP contribution in [0, 0.1) is 5.92 Å². The molecule has 0 aliphatic carbocycles. The van der Waals surface area contributed by atoms with E-state index >= 15 is 0 Å². The van der Waals surface area contributed by atoms with Gasteiger partial charge in [0.05, 0.1) is 6.26 Å². The van der Waals surface area contributed by atoms with Crippen molar-refractivity contribution in [3.63, 3.8) is 0 Å². The highest BCUT2D eigenvalue weighted by Crippen LogP contribution is 2.18. The van der Waals surface area contributed by atoms with Gasteiger partial charge in [-0.25, -0.2) is 4.39 Å². The Bertz CT molecular complexity index is 412. The molecule has 2 heteroatoms. The van der Waals surface area contributed by atoms with Gasteiger partial charge in [-0.1, -0.05) is 27.0 Å². The van der Waals surface area contributed by atoms with Crippen LogP contribution in [0.15, 0.2) is 29.2 Å². The third kappa shape index (κ3) is 1.89. The van der Waals surface area contributed by atoms with E-state index in [4.69, 9.17) is 4.42 Å². The molecule has 0 radical (unpaired) electrons. The lowest BCUT2D eigenvalue weighted by Crippen LogP contribution is -2.23. The predicted molar refractivity (Wildman–Crippen MR) is 52.0 cm³/mol. The number of hydrogen-bond acceptors (Lipinski definition) is 1. The summed E-state index contributed by atoms with van der Waals surface area (Å²) in [6.45, 7) is 10.8. The van der Waals surface area contributed by atoms with E-state index in [1.165, 1.54) is 6.26 Å². The largest absolute Gasteiger partial charge is 0.465 e. The standard InChI is InChI=1S/C11H13FO/c1-7(2)11(8(3)12)10-5-6-13-9(10)4/h5-7H,3-4H2,1-2H3/b11-10-. The number of furan rings is 1. The van der Waals surface area contributed by atoms with Gasteiger partial charge in [-0.05, 0) is 12.0 Å². The molecule has 0 unspecified atom stereocenters. The average Bonchev–Trinajstić information content (AvgIpc) is 2.35. The van der Waals surface area contributed by atoms with E-state index in [0.717, 1.165) is 0 Å². The summed E-state index contributed by atoms with van der Waals surface area (Å²) < 4.78 is 18.1. The third-order valence-corrected chi connectivity index (χ3v) is 1.91. The molecule has 13 heavy (non-hydrogen) atoms. The highest BCUT2D eigenvalue weighted by Gasteiger charge is 2.09. The lowest BCUT2D eigenvalue weighted by molar-refractivity contribution is 0.531. The summed E-state index contributed by atoms with van der Waals surface area (Å²) in [6, 6.07) is 1.71. The van der Waals surface area contributed by atoms with Gasteiger partial charge in [-0.15, -0.1) is 0 Å². The molecule has 0 amide bonds. The highest BCUT2D eigenvalue weighted by atomic mass is 19.1. The molecule has 70 valence electrons. The molecule has 0 aliphatic heterocycles. The van der Waals surface area contributed by atoms with Crippen LogP contribution in [0.3, 0.4) is 0 Å². The summed E-state index contributed by atoms with van der Waals surface area (Å²) in [7, 11) is 0. The van der Waals surface area contributed by atoms with E-state index in [2.05, 4.69) is 13.2 Å². The SMILES string of the molecule is C=C(F)/C(=c1/ccoc1=C)C(C)C. The monoisotopic (exact) mass is 180 g/mol. The van der Waals surface area contributed by atoms with Gasteiger partial charge in [0, 0.05) is 10.8 Å². The summed E-state index contributed by atoms with van der Waals surface area (Å²) in [5.41, 5.74) is 1.06. The summed E-state index contributed by atoms with van der Waals surface area (Å²) in [4.78, 5) is 0. The Labute approximate surface area is 76.9 Å². The van der Waals surface area contributed by atoms with Crippen LogP contribution in [-0.4, -0.2) is 0 Å². The molecule has 1 aromatic heterocycles. The number of allylic oxidation sites excluding steroid dienone is 1. The van der Waals surface area contributed by atoms with Crippen molar-refractivity contribution in [1.29, 1.82) is 0 Å². The van der Waals surface area contributed by atoms with Crippen LogP contribution >= 0.6 is 0 Å². The molecular formula is C11H13FO. The fraction of sp³-hybridized carbons (Fsp3) is 0.273. The van der Waals surface area contributed by atoms with Gasteiger partial charge in [0.25, 0.3) is 0 Å². The zero-order valence-electron chi connectivity index (χ0n) is 7.93. The molecule has 0 atom stereocenters. The molecule has 0 aromatic carbocycles. The average molecular weight is 180 g/mol. The molecule has 0 saturated carbocycles. The maximum absolute atomic E-state index is 13.1. The molecule has 1 nitrogen and oxygen atoms in total. The van der Waals surface area contributed by atoms with Crippen LogP contribution in [0.1, 0.15) is 13.8 Å². The van der Waals surface area contributed by atoms with E-state index < -0.39 is 5.83 Å². The second-order valence-corrected chi connectivity index (χ2v) is 3.23. The molecule has 1 rings (SSSR count). The molecule has 1 aromatic rings. The first kappa shape index (κ1) is 9.78. The normalized spacial score (nSPS) is 13.2. The van der Waals surface area contributed by atoms with Crippen LogP contribution in [0.5, 0.6) is 0 Å². The first-order valence-electron chi connectivity index (χ1n) is 4.15. The number of hydrogen-bond donors (Lipinski definition) is 0. The second-order valence-electron chi connectivity index (χ2n) is 3.23. The summed E-state index contributed by atoms with van der Waals surface area (Å²) >= 11 is 0. The van der Waals surface area contributed by atoms with E-state index in [1.807, 2.05) is 13.8 Å². The number of halogens is 1. The smallest absolute Gasteiger partial charge is 0.127 e. The lowest BCUT2D eigenvalue weighted by atomic mass is 10.0. The minimum Gasteiger partial charge on any atom is -0.465 e. The summed E-state index contributed by atoms with van der Waals surface area (Å²) in [5, 5.41) is 0.711. The lowest BCUT2D eigenvalue weighted by Gasteiger charge is -2.06. The Balaban J connectivity index is 3.53. The molecule has 0 aliphatic rings. The molecular weight excluding hydrogens is 167 g/mol. The van der Waals surface area contributed by atoms with Gasteiger partial charge < -0.3 is 4.42 Å². The minimum absolute atomic E-state index is 0.0793. The molecule has 0 fully saturated rings. The molecule has 1 heterocycles. The van der Waals surface area contributed by atoms with Crippen molar-refractivity contribution in [1.82, 2.24) is 0 Å². The van der Waals surface area contributed by atoms with E-state index in [-0.39, 0.29) is 5.92 Å². The van der Waals surface area contributed by atoms with Gasteiger partial charge in [-0.2, -0.15) is 0 Å². The fourth-order valence-corrected chi connectivity index (χ4v) is 1.35. The van der Waals surface area contributed by atoms with Crippen molar-refractivity contribution in [3.8, 4) is 0 Å². The van der Waals surface area contributed by atoms with Gasteiger partial charge in [-0.3, -0.25) is 0 Å². The maximum atomic E-state index is 13.1. The highest BCUT2D eigenvalue weighted by molar-refractivity contribution is 5.61. The van der Waals surface area contributed by atoms with E-state index in [9.17, 15) is 4.39 Å². The van der Waals surface area contributed by atoms with E-state index in [1.54, 1.807) is 6.07 Å². The molecule has 0 N–H and O–H groups in total.